The van der Waals surface area contributed by atoms with Crippen LogP contribution in [0.3, 0.4) is 0 Å². The van der Waals surface area contributed by atoms with Crippen molar-refractivity contribution in [2.75, 3.05) is 11.9 Å². The van der Waals surface area contributed by atoms with Crippen molar-refractivity contribution in [1.82, 2.24) is 4.98 Å². The van der Waals surface area contributed by atoms with Crippen LogP contribution in [0.5, 0.6) is 0 Å². The fraction of sp³-hybridized carbons (Fsp3) is 0.480. The summed E-state index contributed by atoms with van der Waals surface area (Å²) in [6, 6.07) is 13.2. The number of carbonyl (C=O) groups excluding carboxylic acids is 2. The average Bonchev–Trinajstić information content (AvgIpc) is 2.67. The summed E-state index contributed by atoms with van der Waals surface area (Å²) in [5, 5.41) is 3.24. The molecule has 0 aliphatic heterocycles. The number of esters is 2. The first-order valence-electron chi connectivity index (χ1n) is 10.7. The third-order valence-corrected chi connectivity index (χ3v) is 4.72. The third-order valence-electron chi connectivity index (χ3n) is 4.72. The van der Waals surface area contributed by atoms with E-state index in [4.69, 9.17) is 14.5 Å². The van der Waals surface area contributed by atoms with Gasteiger partial charge in [-0.2, -0.15) is 0 Å². The molecule has 0 amide bonds. The van der Waals surface area contributed by atoms with E-state index in [-0.39, 0.29) is 11.4 Å². The first kappa shape index (κ1) is 24.4. The molecule has 1 aromatic carbocycles. The van der Waals surface area contributed by atoms with Gasteiger partial charge in [-0.15, -0.1) is 0 Å². The molecular weight excluding hydrogens is 392 g/mol. The van der Waals surface area contributed by atoms with Crippen molar-refractivity contribution in [2.24, 2.45) is 0 Å². The second-order valence-corrected chi connectivity index (χ2v) is 9.13. The molecule has 2 aromatic rings. The Morgan fingerprint density at radius 1 is 1.00 bits per heavy atom. The standard InChI is InChI=1S/C25H34N2O4/c1-7-30-23(29)19-15-16-20(27-22(19)26-18-12-9-8-10-13-18)25(5,6)17-11-14-21(28)31-24(2,3)4/h8-10,12-13,15-16H,7,11,14,17H2,1-6H3,(H,26,27). The van der Waals surface area contributed by atoms with Gasteiger partial charge in [-0.05, 0) is 64.8 Å². The molecule has 0 atom stereocenters. The molecule has 1 aromatic heterocycles. The van der Waals surface area contributed by atoms with E-state index in [1.807, 2.05) is 57.2 Å². The van der Waals surface area contributed by atoms with Crippen LogP contribution < -0.4 is 5.32 Å². The summed E-state index contributed by atoms with van der Waals surface area (Å²) in [4.78, 5) is 29.2. The minimum Gasteiger partial charge on any atom is -0.462 e. The lowest BCUT2D eigenvalue weighted by molar-refractivity contribution is -0.154. The van der Waals surface area contributed by atoms with Crippen LogP contribution in [0.25, 0.3) is 0 Å². The van der Waals surface area contributed by atoms with Gasteiger partial charge in [0.2, 0.25) is 0 Å². The third kappa shape index (κ3) is 7.70. The van der Waals surface area contributed by atoms with Crippen molar-refractivity contribution in [3.05, 3.63) is 53.7 Å². The van der Waals surface area contributed by atoms with Crippen molar-refractivity contribution >= 4 is 23.4 Å². The number of pyridine rings is 1. The summed E-state index contributed by atoms with van der Waals surface area (Å²) in [6.07, 6.45) is 1.80. The number of ether oxygens (including phenoxy) is 2. The summed E-state index contributed by atoms with van der Waals surface area (Å²) in [5.74, 6) is -0.148. The van der Waals surface area contributed by atoms with Crippen LogP contribution in [-0.4, -0.2) is 29.1 Å². The van der Waals surface area contributed by atoms with Crippen molar-refractivity contribution in [1.29, 1.82) is 0 Å². The van der Waals surface area contributed by atoms with Gasteiger partial charge in [0.1, 0.15) is 17.0 Å². The molecule has 1 N–H and O–H groups in total. The number of anilines is 2. The zero-order valence-corrected chi connectivity index (χ0v) is 19.5. The number of aromatic nitrogens is 1. The second-order valence-electron chi connectivity index (χ2n) is 9.13. The van der Waals surface area contributed by atoms with Gasteiger partial charge >= 0.3 is 11.9 Å². The maximum atomic E-state index is 12.4. The Kier molecular flexibility index (Phi) is 8.20. The highest BCUT2D eigenvalue weighted by Crippen LogP contribution is 2.31. The van der Waals surface area contributed by atoms with Crippen LogP contribution in [0.2, 0.25) is 0 Å². The van der Waals surface area contributed by atoms with Crippen molar-refractivity contribution < 1.29 is 19.1 Å². The van der Waals surface area contributed by atoms with Gasteiger partial charge in [0.05, 0.1) is 6.61 Å². The number of para-hydroxylation sites is 1. The summed E-state index contributed by atoms with van der Waals surface area (Å²) >= 11 is 0. The summed E-state index contributed by atoms with van der Waals surface area (Å²) in [6.45, 7) is 11.8. The number of rotatable bonds is 9. The number of nitrogens with one attached hydrogen (secondary N) is 1. The van der Waals surface area contributed by atoms with Crippen molar-refractivity contribution in [3.63, 3.8) is 0 Å². The Morgan fingerprint density at radius 3 is 2.29 bits per heavy atom. The van der Waals surface area contributed by atoms with Crippen LogP contribution in [-0.2, 0) is 19.7 Å². The van der Waals surface area contributed by atoms with Crippen LogP contribution in [0, 0.1) is 0 Å². The molecule has 6 heteroatoms. The van der Waals surface area contributed by atoms with E-state index in [2.05, 4.69) is 19.2 Å². The van der Waals surface area contributed by atoms with E-state index >= 15 is 0 Å². The van der Waals surface area contributed by atoms with E-state index < -0.39 is 11.6 Å². The molecule has 0 saturated carbocycles. The van der Waals surface area contributed by atoms with E-state index in [1.54, 1.807) is 13.0 Å². The number of hydrogen-bond acceptors (Lipinski definition) is 6. The number of benzene rings is 1. The lowest BCUT2D eigenvalue weighted by Gasteiger charge is -2.26. The SMILES string of the molecule is CCOC(=O)c1ccc(C(C)(C)CCCC(=O)OC(C)(C)C)nc1Nc1ccccc1. The molecule has 0 spiro atoms. The van der Waals surface area contributed by atoms with Crippen LogP contribution >= 0.6 is 0 Å². The largest absolute Gasteiger partial charge is 0.462 e. The molecule has 0 aliphatic rings. The molecule has 0 unspecified atom stereocenters. The molecule has 1 heterocycles. The van der Waals surface area contributed by atoms with Gasteiger partial charge in [-0.3, -0.25) is 4.79 Å². The minimum atomic E-state index is -0.477. The highest BCUT2D eigenvalue weighted by atomic mass is 16.6. The first-order chi connectivity index (χ1) is 14.5. The summed E-state index contributed by atoms with van der Waals surface area (Å²) in [5.41, 5.74) is 1.29. The quantitative estimate of drug-likeness (QED) is 0.511. The highest BCUT2D eigenvalue weighted by Gasteiger charge is 2.26. The predicted molar refractivity (Wildman–Crippen MR) is 123 cm³/mol. The minimum absolute atomic E-state index is 0.194. The Morgan fingerprint density at radius 2 is 1.68 bits per heavy atom. The molecule has 0 aliphatic carbocycles. The predicted octanol–water partition coefficient (Wildman–Crippen LogP) is 5.79. The Labute approximate surface area is 185 Å². The number of hydrogen-bond donors (Lipinski definition) is 1. The van der Waals surface area contributed by atoms with E-state index in [0.717, 1.165) is 17.8 Å². The Hall–Kier alpha value is -2.89. The summed E-state index contributed by atoms with van der Waals surface area (Å²) < 4.78 is 10.6. The fourth-order valence-corrected chi connectivity index (χ4v) is 3.16. The first-order valence-corrected chi connectivity index (χ1v) is 10.7. The van der Waals surface area contributed by atoms with E-state index in [0.29, 0.717) is 30.8 Å². The highest BCUT2D eigenvalue weighted by molar-refractivity contribution is 5.95. The normalized spacial score (nSPS) is 11.7. The maximum Gasteiger partial charge on any atom is 0.341 e. The molecule has 31 heavy (non-hydrogen) atoms. The number of nitrogens with zero attached hydrogens (tertiary/aromatic N) is 1. The van der Waals surface area contributed by atoms with Crippen molar-refractivity contribution in [3.8, 4) is 0 Å². The van der Waals surface area contributed by atoms with Crippen molar-refractivity contribution in [2.45, 2.75) is 71.8 Å². The maximum absolute atomic E-state index is 12.4. The molecule has 168 valence electrons. The van der Waals surface area contributed by atoms with Gasteiger partial charge in [-0.25, -0.2) is 9.78 Å². The van der Waals surface area contributed by atoms with Crippen LogP contribution in [0.15, 0.2) is 42.5 Å². The van der Waals surface area contributed by atoms with Gasteiger partial charge < -0.3 is 14.8 Å². The van der Waals surface area contributed by atoms with Crippen LogP contribution in [0.1, 0.15) is 76.9 Å². The second kappa shape index (κ2) is 10.4. The van der Waals surface area contributed by atoms with Gasteiger partial charge in [-0.1, -0.05) is 32.0 Å². The van der Waals surface area contributed by atoms with Gasteiger partial charge in [0, 0.05) is 23.2 Å². The lowest BCUT2D eigenvalue weighted by Crippen LogP contribution is -2.25. The monoisotopic (exact) mass is 426 g/mol. The van der Waals surface area contributed by atoms with E-state index in [9.17, 15) is 9.59 Å². The topological polar surface area (TPSA) is 77.5 Å². The van der Waals surface area contributed by atoms with Gasteiger partial charge in [0.25, 0.3) is 0 Å². The molecule has 2 rings (SSSR count). The average molecular weight is 427 g/mol. The molecule has 0 bridgehead atoms. The lowest BCUT2D eigenvalue weighted by atomic mass is 9.83. The zero-order chi connectivity index (χ0) is 23.1. The molecule has 0 fully saturated rings. The molecule has 6 nitrogen and oxygen atoms in total. The Bertz CT molecular complexity index is 886. The smallest absolute Gasteiger partial charge is 0.341 e. The fourth-order valence-electron chi connectivity index (χ4n) is 3.16. The molecular formula is C25H34N2O4. The van der Waals surface area contributed by atoms with Crippen LogP contribution in [0.4, 0.5) is 11.5 Å². The molecule has 0 saturated heterocycles. The Balaban J connectivity index is 2.19. The zero-order valence-electron chi connectivity index (χ0n) is 19.5. The number of carbonyl (C=O) groups is 2. The summed E-state index contributed by atoms with van der Waals surface area (Å²) in [7, 11) is 0. The van der Waals surface area contributed by atoms with E-state index in [1.165, 1.54) is 0 Å². The van der Waals surface area contributed by atoms with Gasteiger partial charge in [0.15, 0.2) is 0 Å². The molecule has 0 radical (unpaired) electrons.